The van der Waals surface area contributed by atoms with E-state index in [1.54, 1.807) is 0 Å². The number of carbonyl (C=O) groups excluding carboxylic acids is 1. The van der Waals surface area contributed by atoms with Gasteiger partial charge in [0.15, 0.2) is 0 Å². The molecule has 0 bridgehead atoms. The minimum atomic E-state index is -0.232. The Kier molecular flexibility index (Phi) is 5.26. The summed E-state index contributed by atoms with van der Waals surface area (Å²) in [5.41, 5.74) is 5.19. The van der Waals surface area contributed by atoms with E-state index in [-0.39, 0.29) is 12.4 Å². The number of rotatable bonds is 5. The molecule has 5 heteroatoms. The number of para-hydroxylation sites is 1. The van der Waals surface area contributed by atoms with Crippen LogP contribution in [0, 0.1) is 0 Å². The second-order valence-electron chi connectivity index (χ2n) is 6.56. The Morgan fingerprint density at radius 3 is 2.39 bits per heavy atom. The van der Waals surface area contributed by atoms with Gasteiger partial charge in [-0.1, -0.05) is 60.7 Å². The first-order chi connectivity index (χ1) is 13.7. The molecule has 4 aromatic rings. The zero-order chi connectivity index (χ0) is 19.5. The average Bonchev–Trinajstić information content (AvgIpc) is 3.10. The van der Waals surface area contributed by atoms with Gasteiger partial charge in [0.2, 0.25) is 0 Å². The van der Waals surface area contributed by atoms with Gasteiger partial charge in [-0.3, -0.25) is 4.79 Å². The maximum atomic E-state index is 11.5. The Bertz CT molecular complexity index is 1120. The van der Waals surface area contributed by atoms with Crippen LogP contribution in [0.2, 0.25) is 0 Å². The average molecular weight is 435 g/mol. The number of esters is 1. The molecule has 0 amide bonds. The molecule has 0 unspecified atom stereocenters. The lowest BCUT2D eigenvalue weighted by molar-refractivity contribution is -0.139. The highest BCUT2D eigenvalue weighted by molar-refractivity contribution is 9.10. The Morgan fingerprint density at radius 2 is 1.68 bits per heavy atom. The largest absolute Gasteiger partial charge is 0.469 e. The molecule has 0 aliphatic carbocycles. The summed E-state index contributed by atoms with van der Waals surface area (Å²) in [6.45, 7) is 0.690. The summed E-state index contributed by atoms with van der Waals surface area (Å²) < 4.78 is 7.95. The molecule has 0 N–H and O–H groups in total. The zero-order valence-corrected chi connectivity index (χ0v) is 17.0. The molecule has 4 rings (SSSR count). The van der Waals surface area contributed by atoms with Gasteiger partial charge >= 0.3 is 5.97 Å². The molecule has 0 aliphatic rings. The zero-order valence-electron chi connectivity index (χ0n) is 15.4. The molecule has 0 fully saturated rings. The van der Waals surface area contributed by atoms with Gasteiger partial charge in [0, 0.05) is 16.6 Å². The molecule has 0 radical (unpaired) electrons. The van der Waals surface area contributed by atoms with Crippen LogP contribution in [0.15, 0.2) is 77.3 Å². The number of aromatic nitrogens is 2. The monoisotopic (exact) mass is 434 g/mol. The number of nitrogens with zero attached hydrogens (tertiary/aromatic N) is 2. The number of hydrogen-bond donors (Lipinski definition) is 0. The maximum Gasteiger partial charge on any atom is 0.309 e. The molecule has 0 saturated carbocycles. The van der Waals surface area contributed by atoms with E-state index in [1.807, 2.05) is 42.5 Å². The number of methoxy groups -OCH3 is 1. The molecule has 140 valence electrons. The minimum absolute atomic E-state index is 0.232. The van der Waals surface area contributed by atoms with E-state index in [9.17, 15) is 4.79 Å². The highest BCUT2D eigenvalue weighted by Crippen LogP contribution is 2.30. The first-order valence-electron chi connectivity index (χ1n) is 9.00. The summed E-state index contributed by atoms with van der Waals surface area (Å²) in [6.07, 6.45) is 0.285. The van der Waals surface area contributed by atoms with Crippen molar-refractivity contribution in [3.63, 3.8) is 0 Å². The quantitative estimate of drug-likeness (QED) is 0.404. The predicted molar refractivity (Wildman–Crippen MR) is 114 cm³/mol. The number of halogens is 1. The lowest BCUT2D eigenvalue weighted by Gasteiger charge is -2.10. The molecular formula is C23H19BrN2O2. The van der Waals surface area contributed by atoms with Crippen molar-refractivity contribution in [3.8, 4) is 11.4 Å². The van der Waals surface area contributed by atoms with Crippen molar-refractivity contribution in [2.24, 2.45) is 0 Å². The smallest absolute Gasteiger partial charge is 0.309 e. The minimum Gasteiger partial charge on any atom is -0.469 e. The summed E-state index contributed by atoms with van der Waals surface area (Å²) in [6, 6.07) is 24.4. The maximum absolute atomic E-state index is 11.5. The summed E-state index contributed by atoms with van der Waals surface area (Å²) in [5, 5.41) is 0. The van der Waals surface area contributed by atoms with Crippen LogP contribution in [0.25, 0.3) is 22.4 Å². The molecule has 1 aromatic heterocycles. The highest BCUT2D eigenvalue weighted by atomic mass is 79.9. The fourth-order valence-electron chi connectivity index (χ4n) is 3.26. The molecule has 28 heavy (non-hydrogen) atoms. The van der Waals surface area contributed by atoms with E-state index < -0.39 is 0 Å². The van der Waals surface area contributed by atoms with Gasteiger partial charge in [-0.05, 0) is 39.2 Å². The van der Waals surface area contributed by atoms with Crippen molar-refractivity contribution >= 4 is 32.9 Å². The third kappa shape index (κ3) is 3.71. The lowest BCUT2D eigenvalue weighted by atomic mass is 10.1. The summed E-state index contributed by atoms with van der Waals surface area (Å²) in [7, 11) is 1.41. The second-order valence-corrected chi connectivity index (χ2v) is 7.42. The molecule has 0 atom stereocenters. The lowest BCUT2D eigenvalue weighted by Crippen LogP contribution is -2.05. The van der Waals surface area contributed by atoms with Crippen LogP contribution in [0.5, 0.6) is 0 Å². The SMILES string of the molecule is COC(=O)Cc1ccc(Cn2c(-c3ccccc3)nc3c(Br)cccc32)cc1. The number of hydrogen-bond acceptors (Lipinski definition) is 3. The number of ether oxygens (including phenoxy) is 1. The summed E-state index contributed by atoms with van der Waals surface area (Å²) >= 11 is 3.62. The number of imidazole rings is 1. The van der Waals surface area contributed by atoms with Crippen LogP contribution >= 0.6 is 15.9 Å². The molecule has 0 aliphatic heterocycles. The molecule has 4 nitrogen and oxygen atoms in total. The van der Waals surface area contributed by atoms with E-state index in [0.717, 1.165) is 38.0 Å². The fourth-order valence-corrected chi connectivity index (χ4v) is 3.71. The Balaban J connectivity index is 1.73. The van der Waals surface area contributed by atoms with Crippen LogP contribution in [0.1, 0.15) is 11.1 Å². The normalized spacial score (nSPS) is 10.9. The van der Waals surface area contributed by atoms with E-state index in [1.165, 1.54) is 7.11 Å². The van der Waals surface area contributed by atoms with Crippen molar-refractivity contribution in [1.82, 2.24) is 9.55 Å². The van der Waals surface area contributed by atoms with E-state index in [4.69, 9.17) is 9.72 Å². The van der Waals surface area contributed by atoms with E-state index in [2.05, 4.69) is 50.8 Å². The van der Waals surface area contributed by atoms with Crippen molar-refractivity contribution < 1.29 is 9.53 Å². The van der Waals surface area contributed by atoms with E-state index in [0.29, 0.717) is 6.54 Å². The number of carbonyl (C=O) groups is 1. The third-order valence-electron chi connectivity index (χ3n) is 4.70. The fraction of sp³-hybridized carbons (Fsp3) is 0.130. The van der Waals surface area contributed by atoms with Crippen LogP contribution < -0.4 is 0 Å². The van der Waals surface area contributed by atoms with Crippen LogP contribution in [0.4, 0.5) is 0 Å². The van der Waals surface area contributed by atoms with Crippen molar-refractivity contribution in [2.75, 3.05) is 7.11 Å². The van der Waals surface area contributed by atoms with E-state index >= 15 is 0 Å². The Morgan fingerprint density at radius 1 is 0.964 bits per heavy atom. The van der Waals surface area contributed by atoms with Crippen molar-refractivity contribution in [1.29, 1.82) is 0 Å². The topological polar surface area (TPSA) is 44.1 Å². The molecule has 3 aromatic carbocycles. The Labute approximate surface area is 171 Å². The van der Waals surface area contributed by atoms with Gasteiger partial charge < -0.3 is 9.30 Å². The number of fused-ring (bicyclic) bond motifs is 1. The highest BCUT2D eigenvalue weighted by Gasteiger charge is 2.14. The first kappa shape index (κ1) is 18.4. The van der Waals surface area contributed by atoms with Gasteiger partial charge in [-0.15, -0.1) is 0 Å². The second kappa shape index (κ2) is 7.98. The van der Waals surface area contributed by atoms with Crippen LogP contribution in [0.3, 0.4) is 0 Å². The van der Waals surface area contributed by atoms with Crippen molar-refractivity contribution in [2.45, 2.75) is 13.0 Å². The van der Waals surface area contributed by atoms with Crippen molar-refractivity contribution in [3.05, 3.63) is 88.4 Å². The van der Waals surface area contributed by atoms with Gasteiger partial charge in [-0.2, -0.15) is 0 Å². The summed E-state index contributed by atoms with van der Waals surface area (Å²) in [5.74, 6) is 0.700. The van der Waals surface area contributed by atoms with Gasteiger partial charge in [-0.25, -0.2) is 4.98 Å². The molecular weight excluding hydrogens is 416 g/mol. The Hall–Kier alpha value is -2.92. The standard InChI is InChI=1S/C23H19BrN2O2/c1-28-21(27)14-16-10-12-17(13-11-16)15-26-20-9-5-8-19(24)22(20)25-23(26)18-6-3-2-4-7-18/h2-13H,14-15H2,1H3. The third-order valence-corrected chi connectivity index (χ3v) is 5.34. The first-order valence-corrected chi connectivity index (χ1v) is 9.80. The van der Waals surface area contributed by atoms with Crippen LogP contribution in [-0.2, 0) is 22.5 Å². The summed E-state index contributed by atoms with van der Waals surface area (Å²) in [4.78, 5) is 16.4. The molecule has 0 spiro atoms. The van der Waals surface area contributed by atoms with Gasteiger partial charge in [0.25, 0.3) is 0 Å². The van der Waals surface area contributed by atoms with Gasteiger partial charge in [0.1, 0.15) is 11.3 Å². The predicted octanol–water partition coefficient (Wildman–Crippen LogP) is 5.23. The number of benzene rings is 3. The van der Waals surface area contributed by atoms with Gasteiger partial charge in [0.05, 0.1) is 19.0 Å². The molecule has 1 heterocycles. The van der Waals surface area contributed by atoms with Crippen LogP contribution in [-0.4, -0.2) is 22.6 Å². The molecule has 0 saturated heterocycles.